The van der Waals surface area contributed by atoms with Crippen molar-refractivity contribution in [1.82, 2.24) is 24.6 Å². The molecule has 0 saturated carbocycles. The fourth-order valence-corrected chi connectivity index (χ4v) is 3.02. The smallest absolute Gasteiger partial charge is 0.255 e. The highest BCUT2D eigenvalue weighted by atomic mass is 16.5. The van der Waals surface area contributed by atoms with E-state index in [0.717, 1.165) is 12.1 Å². The SMILES string of the molecule is Cn1cccc1-c1noc(C2CCN(C(=O)c3cccnc3)C2)n1. The third-order valence-electron chi connectivity index (χ3n) is 4.35. The van der Waals surface area contributed by atoms with Crippen LogP contribution in [0.1, 0.15) is 28.6 Å². The van der Waals surface area contributed by atoms with Crippen molar-refractivity contribution in [2.45, 2.75) is 12.3 Å². The Morgan fingerprint density at radius 2 is 2.25 bits per heavy atom. The first-order valence-corrected chi connectivity index (χ1v) is 7.87. The van der Waals surface area contributed by atoms with Gasteiger partial charge in [0.1, 0.15) is 0 Å². The molecule has 1 fully saturated rings. The van der Waals surface area contributed by atoms with Crippen molar-refractivity contribution >= 4 is 5.91 Å². The minimum Gasteiger partial charge on any atom is -0.348 e. The van der Waals surface area contributed by atoms with Crippen LogP contribution in [-0.2, 0) is 7.05 Å². The van der Waals surface area contributed by atoms with Crippen molar-refractivity contribution < 1.29 is 9.32 Å². The van der Waals surface area contributed by atoms with Crippen LogP contribution in [0.25, 0.3) is 11.5 Å². The maximum Gasteiger partial charge on any atom is 0.255 e. The third-order valence-corrected chi connectivity index (χ3v) is 4.35. The number of hydrogen-bond acceptors (Lipinski definition) is 5. The number of rotatable bonds is 3. The van der Waals surface area contributed by atoms with Crippen LogP contribution in [0.5, 0.6) is 0 Å². The molecule has 4 heterocycles. The van der Waals surface area contributed by atoms with E-state index in [-0.39, 0.29) is 11.8 Å². The molecule has 7 heteroatoms. The minimum absolute atomic E-state index is 0.00669. The van der Waals surface area contributed by atoms with Crippen LogP contribution in [0.3, 0.4) is 0 Å². The van der Waals surface area contributed by atoms with Crippen LogP contribution in [0.15, 0.2) is 47.4 Å². The summed E-state index contributed by atoms with van der Waals surface area (Å²) in [7, 11) is 1.94. The predicted octanol–water partition coefficient (Wildman–Crippen LogP) is 2.10. The van der Waals surface area contributed by atoms with E-state index in [1.165, 1.54) is 0 Å². The standard InChI is InChI=1S/C17H17N5O2/c1-21-8-3-5-14(21)15-19-16(24-20-15)13-6-9-22(11-13)17(23)12-4-2-7-18-10-12/h2-5,7-8,10,13H,6,9,11H2,1H3. The molecular formula is C17H17N5O2. The lowest BCUT2D eigenvalue weighted by atomic mass is 10.1. The molecule has 24 heavy (non-hydrogen) atoms. The van der Waals surface area contributed by atoms with Gasteiger partial charge < -0.3 is 14.0 Å². The Balaban J connectivity index is 1.49. The number of carbonyl (C=O) groups excluding carboxylic acids is 1. The normalized spacial score (nSPS) is 17.4. The molecule has 122 valence electrons. The molecule has 1 unspecified atom stereocenters. The number of hydrogen-bond donors (Lipinski definition) is 0. The molecule has 1 aliphatic heterocycles. The minimum atomic E-state index is -0.00669. The second-order valence-corrected chi connectivity index (χ2v) is 5.94. The maximum atomic E-state index is 12.5. The van der Waals surface area contributed by atoms with Gasteiger partial charge in [-0.15, -0.1) is 0 Å². The van der Waals surface area contributed by atoms with Gasteiger partial charge in [-0.2, -0.15) is 4.98 Å². The van der Waals surface area contributed by atoms with E-state index in [4.69, 9.17) is 4.52 Å². The highest BCUT2D eigenvalue weighted by molar-refractivity contribution is 5.94. The molecule has 1 atom stereocenters. The Bertz CT molecular complexity index is 855. The van der Waals surface area contributed by atoms with Crippen molar-refractivity contribution in [1.29, 1.82) is 0 Å². The van der Waals surface area contributed by atoms with E-state index < -0.39 is 0 Å². The molecule has 0 N–H and O–H groups in total. The van der Waals surface area contributed by atoms with Crippen LogP contribution < -0.4 is 0 Å². The number of likely N-dealkylation sites (tertiary alicyclic amines) is 1. The first-order valence-electron chi connectivity index (χ1n) is 7.87. The fraction of sp³-hybridized carbons (Fsp3) is 0.294. The van der Waals surface area contributed by atoms with Gasteiger partial charge in [-0.3, -0.25) is 9.78 Å². The zero-order valence-corrected chi connectivity index (χ0v) is 13.3. The number of aromatic nitrogens is 4. The molecule has 0 aliphatic carbocycles. The summed E-state index contributed by atoms with van der Waals surface area (Å²) in [5.41, 5.74) is 1.51. The summed E-state index contributed by atoms with van der Waals surface area (Å²) in [6, 6.07) is 7.44. The number of pyridine rings is 1. The van der Waals surface area contributed by atoms with Crippen LogP contribution in [0, 0.1) is 0 Å². The topological polar surface area (TPSA) is 77.0 Å². The van der Waals surface area contributed by atoms with Gasteiger partial charge in [0.25, 0.3) is 5.91 Å². The monoisotopic (exact) mass is 323 g/mol. The summed E-state index contributed by atoms with van der Waals surface area (Å²) in [4.78, 5) is 22.8. The first-order chi connectivity index (χ1) is 11.7. The first kappa shape index (κ1) is 14.6. The summed E-state index contributed by atoms with van der Waals surface area (Å²) in [6.45, 7) is 1.27. The quantitative estimate of drug-likeness (QED) is 0.737. The highest BCUT2D eigenvalue weighted by Crippen LogP contribution is 2.28. The molecule has 3 aromatic heterocycles. The Labute approximate surface area is 138 Å². The summed E-state index contributed by atoms with van der Waals surface area (Å²) < 4.78 is 7.38. The number of aryl methyl sites for hydroxylation is 1. The van der Waals surface area contributed by atoms with E-state index in [9.17, 15) is 4.79 Å². The van der Waals surface area contributed by atoms with Gasteiger partial charge in [-0.05, 0) is 30.7 Å². The lowest BCUT2D eigenvalue weighted by Crippen LogP contribution is -2.28. The van der Waals surface area contributed by atoms with Crippen molar-refractivity contribution in [2.75, 3.05) is 13.1 Å². The van der Waals surface area contributed by atoms with Crippen LogP contribution in [0.4, 0.5) is 0 Å². The van der Waals surface area contributed by atoms with Gasteiger partial charge >= 0.3 is 0 Å². The predicted molar refractivity (Wildman–Crippen MR) is 86.2 cm³/mol. The third kappa shape index (κ3) is 2.58. The van der Waals surface area contributed by atoms with Crippen molar-refractivity contribution in [3.63, 3.8) is 0 Å². The zero-order chi connectivity index (χ0) is 16.5. The molecule has 1 aliphatic rings. The highest BCUT2D eigenvalue weighted by Gasteiger charge is 2.31. The second kappa shape index (κ2) is 5.92. The average Bonchev–Trinajstić information content (AvgIpc) is 3.34. The van der Waals surface area contributed by atoms with E-state index in [0.29, 0.717) is 30.4 Å². The van der Waals surface area contributed by atoms with Crippen molar-refractivity contribution in [2.24, 2.45) is 7.05 Å². The van der Waals surface area contributed by atoms with Crippen molar-refractivity contribution in [3.05, 3.63) is 54.3 Å². The summed E-state index contributed by atoms with van der Waals surface area (Å²) >= 11 is 0. The summed E-state index contributed by atoms with van der Waals surface area (Å²) in [5.74, 6) is 1.24. The Morgan fingerprint density at radius 3 is 3.00 bits per heavy atom. The molecule has 4 rings (SSSR count). The second-order valence-electron chi connectivity index (χ2n) is 5.94. The van der Waals surface area contributed by atoms with E-state index in [1.54, 1.807) is 24.5 Å². The molecule has 1 saturated heterocycles. The Hall–Kier alpha value is -2.96. The molecule has 7 nitrogen and oxygen atoms in total. The van der Waals surface area contributed by atoms with Crippen LogP contribution in [-0.4, -0.2) is 43.6 Å². The molecule has 3 aromatic rings. The molecule has 0 aromatic carbocycles. The van der Waals surface area contributed by atoms with E-state index in [2.05, 4.69) is 15.1 Å². The van der Waals surface area contributed by atoms with E-state index in [1.807, 2.05) is 34.8 Å². The summed E-state index contributed by atoms with van der Waals surface area (Å²) in [5, 5.41) is 4.07. The molecule has 1 amide bonds. The Kier molecular flexibility index (Phi) is 3.60. The molecule has 0 spiro atoms. The van der Waals surface area contributed by atoms with Gasteiger partial charge in [0, 0.05) is 38.7 Å². The molecule has 0 radical (unpaired) electrons. The lowest BCUT2D eigenvalue weighted by molar-refractivity contribution is 0.0789. The number of carbonyl (C=O) groups is 1. The van der Waals surface area contributed by atoms with Gasteiger partial charge in [0.2, 0.25) is 11.7 Å². The maximum absolute atomic E-state index is 12.5. The largest absolute Gasteiger partial charge is 0.348 e. The van der Waals surface area contributed by atoms with Gasteiger partial charge in [-0.1, -0.05) is 5.16 Å². The molecule has 0 bridgehead atoms. The lowest BCUT2D eigenvalue weighted by Gasteiger charge is -2.15. The fourth-order valence-electron chi connectivity index (χ4n) is 3.02. The van der Waals surface area contributed by atoms with Gasteiger partial charge in [0.15, 0.2) is 0 Å². The van der Waals surface area contributed by atoms with Crippen LogP contribution in [0.2, 0.25) is 0 Å². The Morgan fingerprint density at radius 1 is 1.33 bits per heavy atom. The van der Waals surface area contributed by atoms with Gasteiger partial charge in [0.05, 0.1) is 17.2 Å². The number of nitrogens with zero attached hydrogens (tertiary/aromatic N) is 5. The van der Waals surface area contributed by atoms with E-state index >= 15 is 0 Å². The van der Waals surface area contributed by atoms with Gasteiger partial charge in [-0.25, -0.2) is 0 Å². The van der Waals surface area contributed by atoms with Crippen molar-refractivity contribution in [3.8, 4) is 11.5 Å². The number of amides is 1. The zero-order valence-electron chi connectivity index (χ0n) is 13.3. The van der Waals surface area contributed by atoms with Crippen LogP contribution >= 0.6 is 0 Å². The summed E-state index contributed by atoms with van der Waals surface area (Å²) in [6.07, 6.45) is 6.01. The average molecular weight is 323 g/mol. The molecular weight excluding hydrogens is 306 g/mol.